The van der Waals surface area contributed by atoms with Crippen molar-refractivity contribution < 1.29 is 9.53 Å². The van der Waals surface area contributed by atoms with Gasteiger partial charge in [-0.3, -0.25) is 14.4 Å². The van der Waals surface area contributed by atoms with Crippen molar-refractivity contribution in [3.63, 3.8) is 0 Å². The second-order valence-electron chi connectivity index (χ2n) is 6.84. The second kappa shape index (κ2) is 5.62. The highest BCUT2D eigenvalue weighted by Crippen LogP contribution is 2.48. The zero-order chi connectivity index (χ0) is 15.0. The fourth-order valence-corrected chi connectivity index (χ4v) is 3.64. The summed E-state index contributed by atoms with van der Waals surface area (Å²) in [5, 5.41) is 8.15. The summed E-state index contributed by atoms with van der Waals surface area (Å²) in [6.45, 7) is 7.05. The van der Waals surface area contributed by atoms with Crippen LogP contribution < -0.4 is 0 Å². The van der Waals surface area contributed by atoms with Gasteiger partial charge in [0.05, 0.1) is 26.0 Å². The molecule has 3 aliphatic rings. The zero-order valence-corrected chi connectivity index (χ0v) is 12.9. The van der Waals surface area contributed by atoms with E-state index in [1.807, 2.05) is 4.90 Å². The van der Waals surface area contributed by atoms with Gasteiger partial charge in [0.15, 0.2) is 5.69 Å². The Kier molecular flexibility index (Phi) is 3.62. The van der Waals surface area contributed by atoms with E-state index in [0.29, 0.717) is 11.1 Å². The van der Waals surface area contributed by atoms with Crippen LogP contribution in [0.1, 0.15) is 29.8 Å². The van der Waals surface area contributed by atoms with Gasteiger partial charge in [-0.2, -0.15) is 0 Å². The molecule has 1 aliphatic carbocycles. The summed E-state index contributed by atoms with van der Waals surface area (Å²) in [6, 6.07) is 0. The van der Waals surface area contributed by atoms with Gasteiger partial charge in [0.2, 0.25) is 0 Å². The van der Waals surface area contributed by atoms with Gasteiger partial charge in [0, 0.05) is 38.1 Å². The Balaban J connectivity index is 1.28. The highest BCUT2D eigenvalue weighted by atomic mass is 16.5. The standard InChI is InChI=1S/C15H23N5O2/c21-14(19-11-15(12-19)2-1-3-15)13-10-20(17-16-13)5-4-18-6-8-22-9-7-18/h10H,1-9,11-12H2. The minimum Gasteiger partial charge on any atom is -0.379 e. The summed E-state index contributed by atoms with van der Waals surface area (Å²) in [4.78, 5) is 16.6. The van der Waals surface area contributed by atoms with Crippen molar-refractivity contribution in [3.8, 4) is 0 Å². The van der Waals surface area contributed by atoms with E-state index >= 15 is 0 Å². The van der Waals surface area contributed by atoms with Crippen LogP contribution in [-0.2, 0) is 11.3 Å². The van der Waals surface area contributed by atoms with Crippen molar-refractivity contribution in [1.29, 1.82) is 0 Å². The van der Waals surface area contributed by atoms with Crippen molar-refractivity contribution >= 4 is 5.91 Å². The molecule has 22 heavy (non-hydrogen) atoms. The predicted molar refractivity (Wildman–Crippen MR) is 79.5 cm³/mol. The van der Waals surface area contributed by atoms with Gasteiger partial charge >= 0.3 is 0 Å². The van der Waals surface area contributed by atoms with E-state index in [1.54, 1.807) is 10.9 Å². The van der Waals surface area contributed by atoms with Crippen molar-refractivity contribution in [2.75, 3.05) is 45.9 Å². The van der Waals surface area contributed by atoms with Crippen molar-refractivity contribution in [2.45, 2.75) is 25.8 Å². The Morgan fingerprint density at radius 1 is 1.23 bits per heavy atom. The number of ether oxygens (including phenoxy) is 1. The van der Waals surface area contributed by atoms with Crippen LogP contribution in [0, 0.1) is 5.41 Å². The average molecular weight is 305 g/mol. The third-order valence-corrected chi connectivity index (χ3v) is 5.26. The lowest BCUT2D eigenvalue weighted by molar-refractivity contribution is -0.0429. The van der Waals surface area contributed by atoms with Crippen molar-refractivity contribution in [2.24, 2.45) is 5.41 Å². The summed E-state index contributed by atoms with van der Waals surface area (Å²) in [5.41, 5.74) is 0.943. The number of hydrogen-bond acceptors (Lipinski definition) is 5. The number of morpholine rings is 1. The zero-order valence-electron chi connectivity index (χ0n) is 12.9. The molecule has 0 aromatic carbocycles. The fourth-order valence-electron chi connectivity index (χ4n) is 3.64. The maximum atomic E-state index is 12.4. The van der Waals surface area contributed by atoms with Crippen LogP contribution in [0.2, 0.25) is 0 Å². The maximum absolute atomic E-state index is 12.4. The molecule has 7 nitrogen and oxygen atoms in total. The number of likely N-dealkylation sites (tertiary alicyclic amines) is 1. The highest BCUT2D eigenvalue weighted by Gasteiger charge is 2.49. The Labute approximate surface area is 130 Å². The van der Waals surface area contributed by atoms with Gasteiger partial charge in [-0.25, -0.2) is 0 Å². The van der Waals surface area contributed by atoms with Crippen molar-refractivity contribution in [3.05, 3.63) is 11.9 Å². The molecule has 3 fully saturated rings. The summed E-state index contributed by atoms with van der Waals surface area (Å²) in [7, 11) is 0. The summed E-state index contributed by atoms with van der Waals surface area (Å²) in [6.07, 6.45) is 5.67. The lowest BCUT2D eigenvalue weighted by Gasteiger charge is -2.55. The minimum absolute atomic E-state index is 0.0372. The second-order valence-corrected chi connectivity index (χ2v) is 6.84. The highest BCUT2D eigenvalue weighted by molar-refractivity contribution is 5.92. The van der Waals surface area contributed by atoms with Crippen LogP contribution in [-0.4, -0.2) is 76.6 Å². The Bertz CT molecular complexity index is 540. The Morgan fingerprint density at radius 2 is 2.00 bits per heavy atom. The van der Waals surface area contributed by atoms with Crippen LogP contribution in [0.3, 0.4) is 0 Å². The minimum atomic E-state index is 0.0372. The van der Waals surface area contributed by atoms with Gasteiger partial charge < -0.3 is 9.64 Å². The lowest BCUT2D eigenvalue weighted by atomic mass is 9.63. The largest absolute Gasteiger partial charge is 0.379 e. The summed E-state index contributed by atoms with van der Waals surface area (Å²) in [5.74, 6) is 0.0372. The monoisotopic (exact) mass is 305 g/mol. The maximum Gasteiger partial charge on any atom is 0.276 e. The third kappa shape index (κ3) is 2.63. The molecule has 1 spiro atoms. The van der Waals surface area contributed by atoms with Gasteiger partial charge in [0.25, 0.3) is 5.91 Å². The van der Waals surface area contributed by atoms with E-state index in [2.05, 4.69) is 15.2 Å². The van der Waals surface area contributed by atoms with E-state index in [9.17, 15) is 4.79 Å². The SMILES string of the molecule is O=C(c1cn(CCN2CCOCC2)nn1)N1CC2(CCC2)C1. The molecule has 7 heteroatoms. The molecule has 2 aliphatic heterocycles. The molecular weight excluding hydrogens is 282 g/mol. The molecule has 0 unspecified atom stereocenters. The van der Waals surface area contributed by atoms with E-state index in [-0.39, 0.29) is 5.91 Å². The average Bonchev–Trinajstić information content (AvgIpc) is 2.92. The van der Waals surface area contributed by atoms with Crippen LogP contribution in [0.4, 0.5) is 0 Å². The van der Waals surface area contributed by atoms with Crippen LogP contribution >= 0.6 is 0 Å². The molecule has 1 aromatic heterocycles. The molecule has 2 saturated heterocycles. The van der Waals surface area contributed by atoms with Gasteiger partial charge in [-0.15, -0.1) is 5.10 Å². The number of amides is 1. The van der Waals surface area contributed by atoms with Crippen LogP contribution in [0.15, 0.2) is 6.20 Å². The first-order valence-electron chi connectivity index (χ1n) is 8.24. The molecule has 4 rings (SSSR count). The van der Waals surface area contributed by atoms with E-state index in [4.69, 9.17) is 4.74 Å². The molecule has 1 aromatic rings. The first-order chi connectivity index (χ1) is 10.7. The first-order valence-corrected chi connectivity index (χ1v) is 8.24. The number of carbonyl (C=O) groups excluding carboxylic acids is 1. The molecule has 1 amide bonds. The number of nitrogens with zero attached hydrogens (tertiary/aromatic N) is 5. The molecule has 120 valence electrons. The topological polar surface area (TPSA) is 63.5 Å². The van der Waals surface area contributed by atoms with E-state index in [1.165, 1.54) is 19.3 Å². The number of hydrogen-bond donors (Lipinski definition) is 0. The van der Waals surface area contributed by atoms with Gasteiger partial charge in [-0.05, 0) is 12.8 Å². The molecule has 0 atom stereocenters. The Morgan fingerprint density at radius 3 is 2.68 bits per heavy atom. The van der Waals surface area contributed by atoms with Gasteiger partial charge in [0.1, 0.15) is 0 Å². The van der Waals surface area contributed by atoms with Crippen molar-refractivity contribution in [1.82, 2.24) is 24.8 Å². The normalized spacial score (nSPS) is 24.1. The Hall–Kier alpha value is -1.47. The molecule has 0 bridgehead atoms. The summed E-state index contributed by atoms with van der Waals surface area (Å²) >= 11 is 0. The fraction of sp³-hybridized carbons (Fsp3) is 0.800. The molecule has 1 saturated carbocycles. The molecule has 0 N–H and O–H groups in total. The van der Waals surface area contributed by atoms with E-state index < -0.39 is 0 Å². The molecule has 3 heterocycles. The lowest BCUT2D eigenvalue weighted by Crippen LogP contribution is -2.61. The third-order valence-electron chi connectivity index (χ3n) is 5.26. The predicted octanol–water partition coefficient (Wildman–Crippen LogP) is 0.236. The van der Waals surface area contributed by atoms with Crippen LogP contribution in [0.5, 0.6) is 0 Å². The van der Waals surface area contributed by atoms with E-state index in [0.717, 1.165) is 52.5 Å². The quantitative estimate of drug-likeness (QED) is 0.797. The molecule has 0 radical (unpaired) electrons. The van der Waals surface area contributed by atoms with Crippen LogP contribution in [0.25, 0.3) is 0 Å². The number of carbonyl (C=O) groups is 1. The number of aromatic nitrogens is 3. The molecular formula is C15H23N5O2. The number of rotatable bonds is 4. The summed E-state index contributed by atoms with van der Waals surface area (Å²) < 4.78 is 7.12. The first kappa shape index (κ1) is 14.1. The van der Waals surface area contributed by atoms with Gasteiger partial charge in [-0.1, -0.05) is 11.6 Å². The smallest absolute Gasteiger partial charge is 0.276 e.